The molecule has 6 nitrogen and oxygen atoms in total. The second kappa shape index (κ2) is 7.26. The minimum absolute atomic E-state index is 0.0653. The molecule has 1 aliphatic carbocycles. The van der Waals surface area contributed by atoms with E-state index in [4.69, 9.17) is 4.74 Å². The van der Waals surface area contributed by atoms with Gasteiger partial charge in [-0.1, -0.05) is 25.5 Å². The number of nitrogens with zero attached hydrogens (tertiary/aromatic N) is 2. The largest absolute Gasteiger partial charge is 0.462 e. The average molecular weight is 391 g/mol. The Morgan fingerprint density at radius 3 is 2.63 bits per heavy atom. The highest BCUT2D eigenvalue weighted by molar-refractivity contribution is 7.90. The Labute approximate surface area is 160 Å². The van der Waals surface area contributed by atoms with Crippen LogP contribution in [-0.4, -0.2) is 44.3 Å². The Hall–Kier alpha value is -1.89. The normalized spacial score (nSPS) is 27.7. The number of fused-ring (bicyclic) bond motifs is 1. The molecule has 1 saturated heterocycles. The number of carbonyl (C=O) groups excluding carboxylic acids is 1. The summed E-state index contributed by atoms with van der Waals surface area (Å²) in [6, 6.07) is 6.92. The molecule has 2 heterocycles. The molecular weight excluding hydrogens is 364 g/mol. The van der Waals surface area contributed by atoms with Crippen LogP contribution in [0.5, 0.6) is 0 Å². The summed E-state index contributed by atoms with van der Waals surface area (Å²) in [6.45, 7) is 3.44. The van der Waals surface area contributed by atoms with Crippen molar-refractivity contribution < 1.29 is 17.9 Å². The fourth-order valence-corrected chi connectivity index (χ4v) is 5.62. The summed E-state index contributed by atoms with van der Waals surface area (Å²) in [4.78, 5) is 14.8. The third-order valence-electron chi connectivity index (χ3n) is 5.91. The fraction of sp³-hybridized carbons (Fsp3) is 0.600. The van der Waals surface area contributed by atoms with Crippen LogP contribution in [0.2, 0.25) is 0 Å². The molecule has 27 heavy (non-hydrogen) atoms. The Morgan fingerprint density at radius 1 is 1.15 bits per heavy atom. The second-order valence-electron chi connectivity index (χ2n) is 7.98. The van der Waals surface area contributed by atoms with Gasteiger partial charge in [0.25, 0.3) is 10.0 Å². The van der Waals surface area contributed by atoms with E-state index in [2.05, 4.69) is 11.3 Å². The van der Waals surface area contributed by atoms with E-state index in [1.54, 1.807) is 18.2 Å². The van der Waals surface area contributed by atoms with E-state index in [1.807, 2.05) is 11.0 Å². The summed E-state index contributed by atoms with van der Waals surface area (Å²) in [6.07, 6.45) is 5.70. The maximum atomic E-state index is 12.5. The average Bonchev–Trinajstić information content (AvgIpc) is 2.93. The zero-order valence-corrected chi connectivity index (χ0v) is 16.5. The lowest BCUT2D eigenvalue weighted by Gasteiger charge is -2.33. The van der Waals surface area contributed by atoms with Crippen LogP contribution >= 0.6 is 0 Å². The van der Waals surface area contributed by atoms with Gasteiger partial charge in [-0.25, -0.2) is 0 Å². The maximum absolute atomic E-state index is 12.5. The molecule has 1 aromatic rings. The van der Waals surface area contributed by atoms with E-state index in [-0.39, 0.29) is 22.9 Å². The van der Waals surface area contributed by atoms with Gasteiger partial charge >= 0.3 is 5.97 Å². The molecule has 146 valence electrons. The number of ether oxygens (including phenoxy) is 1. The van der Waals surface area contributed by atoms with Crippen LogP contribution in [0.4, 0.5) is 0 Å². The number of hydrogen-bond acceptors (Lipinski definition) is 5. The first-order valence-corrected chi connectivity index (χ1v) is 11.3. The molecule has 0 N–H and O–H groups in total. The number of sulfonamides is 1. The van der Waals surface area contributed by atoms with Crippen molar-refractivity contribution in [3.05, 3.63) is 29.8 Å². The molecule has 0 amide bonds. The summed E-state index contributed by atoms with van der Waals surface area (Å²) in [7, 11) is -3.60. The second-order valence-corrected chi connectivity index (χ2v) is 9.55. The number of likely N-dealkylation sites (tertiary alicyclic amines) is 1. The van der Waals surface area contributed by atoms with Crippen LogP contribution in [0.25, 0.3) is 0 Å². The number of hydrogen-bond donors (Lipinski definition) is 0. The van der Waals surface area contributed by atoms with Gasteiger partial charge in [0.2, 0.25) is 0 Å². The smallest absolute Gasteiger partial charge is 0.309 e. The molecule has 7 heteroatoms. The molecular formula is C20H26N2O4S. The summed E-state index contributed by atoms with van der Waals surface area (Å²) in [5.74, 6) is 0.946. The third-order valence-corrected chi connectivity index (χ3v) is 7.24. The maximum Gasteiger partial charge on any atom is 0.309 e. The van der Waals surface area contributed by atoms with Crippen molar-refractivity contribution in [2.24, 2.45) is 16.2 Å². The van der Waals surface area contributed by atoms with Crippen molar-refractivity contribution in [2.75, 3.05) is 13.1 Å². The minimum Gasteiger partial charge on any atom is -0.462 e. The lowest BCUT2D eigenvalue weighted by Crippen LogP contribution is -2.41. The van der Waals surface area contributed by atoms with Crippen molar-refractivity contribution in [1.82, 2.24) is 4.90 Å². The van der Waals surface area contributed by atoms with E-state index in [0.717, 1.165) is 19.3 Å². The molecule has 1 saturated carbocycles. The first-order chi connectivity index (χ1) is 12.9. The van der Waals surface area contributed by atoms with E-state index in [1.165, 1.54) is 6.42 Å². The van der Waals surface area contributed by atoms with E-state index < -0.39 is 10.0 Å². The van der Waals surface area contributed by atoms with Gasteiger partial charge in [-0.3, -0.25) is 4.79 Å². The van der Waals surface area contributed by atoms with Gasteiger partial charge in [-0.2, -0.15) is 8.42 Å². The predicted octanol–water partition coefficient (Wildman–Crippen LogP) is 2.97. The summed E-state index contributed by atoms with van der Waals surface area (Å²) >= 11 is 0. The van der Waals surface area contributed by atoms with Gasteiger partial charge in [0.1, 0.15) is 11.0 Å². The van der Waals surface area contributed by atoms with Crippen LogP contribution in [0.15, 0.2) is 33.6 Å². The topological polar surface area (TPSA) is 76.0 Å². The van der Waals surface area contributed by atoms with Crippen molar-refractivity contribution in [3.8, 4) is 0 Å². The van der Waals surface area contributed by atoms with Crippen molar-refractivity contribution in [2.45, 2.75) is 56.4 Å². The summed E-state index contributed by atoms with van der Waals surface area (Å²) in [5, 5.41) is 0. The van der Waals surface area contributed by atoms with Crippen LogP contribution in [-0.2, 0) is 19.6 Å². The highest BCUT2D eigenvalue weighted by atomic mass is 32.2. The van der Waals surface area contributed by atoms with Crippen LogP contribution in [0.1, 0.15) is 51.0 Å². The molecule has 0 spiro atoms. The molecule has 2 aliphatic heterocycles. The molecule has 2 atom stereocenters. The molecule has 1 aromatic carbocycles. The number of carbonyl (C=O) groups is 1. The Morgan fingerprint density at radius 2 is 1.89 bits per heavy atom. The van der Waals surface area contributed by atoms with Gasteiger partial charge in [-0.15, -0.1) is 4.40 Å². The van der Waals surface area contributed by atoms with Gasteiger partial charge < -0.3 is 9.64 Å². The van der Waals surface area contributed by atoms with Crippen molar-refractivity contribution in [3.63, 3.8) is 0 Å². The van der Waals surface area contributed by atoms with Crippen LogP contribution < -0.4 is 0 Å². The number of amidine groups is 1. The Kier molecular flexibility index (Phi) is 4.97. The van der Waals surface area contributed by atoms with Gasteiger partial charge in [0.15, 0.2) is 5.84 Å². The fourth-order valence-electron chi connectivity index (χ4n) is 4.39. The molecule has 2 unspecified atom stereocenters. The summed E-state index contributed by atoms with van der Waals surface area (Å²) < 4.78 is 34.2. The van der Waals surface area contributed by atoms with E-state index >= 15 is 0 Å². The minimum atomic E-state index is -3.60. The number of piperidine rings is 1. The van der Waals surface area contributed by atoms with Crippen LogP contribution in [0.3, 0.4) is 0 Å². The van der Waals surface area contributed by atoms with Gasteiger partial charge in [0, 0.05) is 18.7 Å². The lowest BCUT2D eigenvalue weighted by molar-refractivity contribution is -0.157. The van der Waals surface area contributed by atoms with Crippen molar-refractivity contribution >= 4 is 21.8 Å². The molecule has 0 bridgehead atoms. The lowest BCUT2D eigenvalue weighted by atomic mass is 9.88. The number of benzene rings is 1. The van der Waals surface area contributed by atoms with E-state index in [9.17, 15) is 13.2 Å². The monoisotopic (exact) mass is 390 g/mol. The van der Waals surface area contributed by atoms with Crippen LogP contribution in [0, 0.1) is 11.8 Å². The molecule has 0 aromatic heterocycles. The zero-order valence-electron chi connectivity index (χ0n) is 15.6. The highest BCUT2D eigenvalue weighted by Crippen LogP contribution is 2.31. The first-order valence-electron chi connectivity index (χ1n) is 9.84. The van der Waals surface area contributed by atoms with Gasteiger partial charge in [-0.05, 0) is 50.2 Å². The predicted molar refractivity (Wildman–Crippen MR) is 102 cm³/mol. The quantitative estimate of drug-likeness (QED) is 0.726. The third kappa shape index (κ3) is 3.74. The highest BCUT2D eigenvalue weighted by Gasteiger charge is 2.35. The molecule has 0 radical (unpaired) electrons. The Bertz CT molecular complexity index is 856. The number of esters is 1. The SMILES string of the molecule is CC1CCCC(OC(=O)C2CCN(C3=NS(=O)(=O)c4ccccc43)CC2)C1. The number of rotatable bonds is 2. The molecule has 3 aliphatic rings. The first kappa shape index (κ1) is 18.5. The standard InChI is InChI=1S/C20H26N2O4S/c1-14-5-4-6-16(13-14)26-20(23)15-9-11-22(12-10-15)19-17-7-2-3-8-18(17)27(24,25)21-19/h2-3,7-8,14-16H,4-6,9-13H2,1H3. The van der Waals surface area contributed by atoms with Gasteiger partial charge in [0.05, 0.1) is 5.92 Å². The van der Waals surface area contributed by atoms with Crippen molar-refractivity contribution in [1.29, 1.82) is 0 Å². The Balaban J connectivity index is 1.38. The molecule has 4 rings (SSSR count). The summed E-state index contributed by atoms with van der Waals surface area (Å²) in [5.41, 5.74) is 0.662. The zero-order chi connectivity index (χ0) is 19.0. The molecule has 2 fully saturated rings. The van der Waals surface area contributed by atoms with E-state index in [0.29, 0.717) is 43.2 Å².